The summed E-state index contributed by atoms with van der Waals surface area (Å²) < 4.78 is 5.13. The van der Waals surface area contributed by atoms with Gasteiger partial charge in [-0.25, -0.2) is 5.84 Å². The zero-order chi connectivity index (χ0) is 11.4. The van der Waals surface area contributed by atoms with Gasteiger partial charge in [-0.2, -0.15) is 0 Å². The number of benzene rings is 1. The fourth-order valence-corrected chi connectivity index (χ4v) is 1.42. The highest BCUT2D eigenvalue weighted by Gasteiger charge is 2.09. The first-order valence-corrected chi connectivity index (χ1v) is 5.02. The molecule has 0 spiro atoms. The average molecular weight is 225 g/mol. The van der Waals surface area contributed by atoms with E-state index < -0.39 is 0 Å². The molecule has 0 aromatic heterocycles. The van der Waals surface area contributed by atoms with Gasteiger partial charge in [-0.15, -0.1) is 0 Å². The SMILES string of the molecule is CCc1cc(OC)ccc1N(N)C(N)=S. The highest BCUT2D eigenvalue weighted by molar-refractivity contribution is 7.80. The van der Waals surface area contributed by atoms with E-state index in [0.717, 1.165) is 23.4 Å². The van der Waals surface area contributed by atoms with Crippen molar-refractivity contribution in [1.29, 1.82) is 0 Å². The van der Waals surface area contributed by atoms with Crippen LogP contribution in [0.1, 0.15) is 12.5 Å². The van der Waals surface area contributed by atoms with E-state index in [9.17, 15) is 0 Å². The Morgan fingerprint density at radius 2 is 2.20 bits per heavy atom. The maximum absolute atomic E-state index is 5.73. The van der Waals surface area contributed by atoms with Crippen molar-refractivity contribution in [2.45, 2.75) is 13.3 Å². The van der Waals surface area contributed by atoms with Crippen LogP contribution in [0.5, 0.6) is 5.75 Å². The number of thiocarbonyl (C=S) groups is 1. The van der Waals surface area contributed by atoms with Crippen LogP contribution in [0.15, 0.2) is 18.2 Å². The van der Waals surface area contributed by atoms with Crippen molar-refractivity contribution < 1.29 is 4.74 Å². The van der Waals surface area contributed by atoms with Gasteiger partial charge < -0.3 is 10.5 Å². The molecule has 0 heterocycles. The molecule has 0 amide bonds. The lowest BCUT2D eigenvalue weighted by Crippen LogP contribution is -2.41. The second-order valence-electron chi connectivity index (χ2n) is 3.06. The summed E-state index contributed by atoms with van der Waals surface area (Å²) in [4.78, 5) is 0. The summed E-state index contributed by atoms with van der Waals surface area (Å²) in [6.07, 6.45) is 0.836. The maximum Gasteiger partial charge on any atom is 0.185 e. The lowest BCUT2D eigenvalue weighted by Gasteiger charge is -2.19. The van der Waals surface area contributed by atoms with Gasteiger partial charge >= 0.3 is 0 Å². The minimum Gasteiger partial charge on any atom is -0.497 e. The molecular weight excluding hydrogens is 210 g/mol. The Bertz CT molecular complexity index is 368. The predicted molar refractivity (Wildman–Crippen MR) is 65.8 cm³/mol. The minimum absolute atomic E-state index is 0.148. The third-order valence-corrected chi connectivity index (χ3v) is 2.36. The highest BCUT2D eigenvalue weighted by Crippen LogP contribution is 2.24. The van der Waals surface area contributed by atoms with Crippen LogP contribution in [-0.2, 0) is 6.42 Å². The minimum atomic E-state index is 0.148. The Morgan fingerprint density at radius 1 is 1.53 bits per heavy atom. The monoisotopic (exact) mass is 225 g/mol. The Kier molecular flexibility index (Phi) is 3.88. The number of nitrogens with two attached hydrogens (primary N) is 2. The molecule has 1 aromatic carbocycles. The van der Waals surface area contributed by atoms with Crippen molar-refractivity contribution in [3.05, 3.63) is 23.8 Å². The molecular formula is C10H15N3OS. The van der Waals surface area contributed by atoms with Crippen molar-refractivity contribution in [1.82, 2.24) is 0 Å². The van der Waals surface area contributed by atoms with Gasteiger partial charge in [0.25, 0.3) is 0 Å². The number of hydrogen-bond donors (Lipinski definition) is 2. The molecule has 0 bridgehead atoms. The number of anilines is 1. The van der Waals surface area contributed by atoms with Crippen molar-refractivity contribution in [3.63, 3.8) is 0 Å². The Balaban J connectivity index is 3.12. The highest BCUT2D eigenvalue weighted by atomic mass is 32.1. The van der Waals surface area contributed by atoms with Crippen molar-refractivity contribution in [2.24, 2.45) is 11.6 Å². The molecule has 4 nitrogen and oxygen atoms in total. The summed E-state index contributed by atoms with van der Waals surface area (Å²) in [7, 11) is 1.63. The molecule has 5 heteroatoms. The molecule has 15 heavy (non-hydrogen) atoms. The molecule has 1 aromatic rings. The van der Waals surface area contributed by atoms with Crippen molar-refractivity contribution in [2.75, 3.05) is 12.1 Å². The molecule has 4 N–H and O–H groups in total. The fraction of sp³-hybridized carbons (Fsp3) is 0.300. The molecule has 0 saturated heterocycles. The van der Waals surface area contributed by atoms with E-state index in [-0.39, 0.29) is 5.11 Å². The van der Waals surface area contributed by atoms with Gasteiger partial charge in [-0.1, -0.05) is 6.92 Å². The Hall–Kier alpha value is -1.33. The van der Waals surface area contributed by atoms with E-state index in [1.54, 1.807) is 7.11 Å². The van der Waals surface area contributed by atoms with E-state index in [0.29, 0.717) is 0 Å². The van der Waals surface area contributed by atoms with Crippen LogP contribution in [-0.4, -0.2) is 12.2 Å². The standard InChI is InChI=1S/C10H15N3OS/c1-3-7-6-8(14-2)4-5-9(7)13(12)10(11)15/h4-6H,3,12H2,1-2H3,(H2,11,15). The number of aryl methyl sites for hydroxylation is 1. The molecule has 0 aliphatic heterocycles. The lowest BCUT2D eigenvalue weighted by atomic mass is 10.1. The van der Waals surface area contributed by atoms with Gasteiger partial charge in [0, 0.05) is 0 Å². The van der Waals surface area contributed by atoms with E-state index in [4.69, 9.17) is 28.5 Å². The molecule has 0 radical (unpaired) electrons. The molecule has 0 saturated carbocycles. The summed E-state index contributed by atoms with van der Waals surface area (Å²) in [5.41, 5.74) is 7.32. The van der Waals surface area contributed by atoms with Gasteiger partial charge in [0.05, 0.1) is 12.8 Å². The van der Waals surface area contributed by atoms with E-state index >= 15 is 0 Å². The first-order chi connectivity index (χ1) is 7.10. The zero-order valence-electron chi connectivity index (χ0n) is 8.86. The quantitative estimate of drug-likeness (QED) is 0.459. The first-order valence-electron chi connectivity index (χ1n) is 4.61. The zero-order valence-corrected chi connectivity index (χ0v) is 9.67. The van der Waals surface area contributed by atoms with Crippen LogP contribution in [0, 0.1) is 0 Å². The van der Waals surface area contributed by atoms with Crippen LogP contribution in [0.3, 0.4) is 0 Å². The third kappa shape index (κ3) is 2.57. The molecule has 0 aliphatic carbocycles. The van der Waals surface area contributed by atoms with Crippen LogP contribution < -0.4 is 21.3 Å². The van der Waals surface area contributed by atoms with Gasteiger partial charge in [0.2, 0.25) is 0 Å². The number of hydrazine groups is 1. The number of methoxy groups -OCH3 is 1. The predicted octanol–water partition coefficient (Wildman–Crippen LogP) is 1.18. The summed E-state index contributed by atoms with van der Waals surface area (Å²) in [6, 6.07) is 5.59. The number of rotatable bonds is 3. The van der Waals surface area contributed by atoms with Gasteiger partial charge in [-0.3, -0.25) is 5.01 Å². The lowest BCUT2D eigenvalue weighted by molar-refractivity contribution is 0.414. The van der Waals surface area contributed by atoms with Gasteiger partial charge in [0.1, 0.15) is 5.75 Å². The molecule has 82 valence electrons. The van der Waals surface area contributed by atoms with Crippen LogP contribution in [0.25, 0.3) is 0 Å². The summed E-state index contributed by atoms with van der Waals surface area (Å²) in [5, 5.41) is 1.45. The fourth-order valence-electron chi connectivity index (χ4n) is 1.33. The topological polar surface area (TPSA) is 64.5 Å². The molecule has 0 aliphatic rings. The molecule has 0 fully saturated rings. The van der Waals surface area contributed by atoms with Crippen LogP contribution in [0.2, 0.25) is 0 Å². The summed E-state index contributed by atoms with van der Waals surface area (Å²) in [6.45, 7) is 2.03. The smallest absolute Gasteiger partial charge is 0.185 e. The Morgan fingerprint density at radius 3 is 2.67 bits per heavy atom. The third-order valence-electron chi connectivity index (χ3n) is 2.16. The van der Waals surface area contributed by atoms with Crippen molar-refractivity contribution in [3.8, 4) is 5.75 Å². The summed E-state index contributed by atoms with van der Waals surface area (Å²) >= 11 is 4.82. The average Bonchev–Trinajstić information content (AvgIpc) is 2.27. The maximum atomic E-state index is 5.73. The molecule has 0 atom stereocenters. The largest absolute Gasteiger partial charge is 0.497 e. The van der Waals surface area contributed by atoms with E-state index in [2.05, 4.69) is 0 Å². The second-order valence-corrected chi connectivity index (χ2v) is 3.47. The van der Waals surface area contributed by atoms with E-state index in [1.165, 1.54) is 5.01 Å². The second kappa shape index (κ2) is 4.95. The molecule has 1 rings (SSSR count). The molecule has 0 unspecified atom stereocenters. The number of ether oxygens (including phenoxy) is 1. The normalized spacial score (nSPS) is 9.80. The summed E-state index contributed by atoms with van der Waals surface area (Å²) in [5.74, 6) is 6.53. The Labute approximate surface area is 94.8 Å². The van der Waals surface area contributed by atoms with Crippen LogP contribution in [0.4, 0.5) is 5.69 Å². The number of nitrogens with zero attached hydrogens (tertiary/aromatic N) is 1. The van der Waals surface area contributed by atoms with Crippen molar-refractivity contribution >= 4 is 23.0 Å². The van der Waals surface area contributed by atoms with Gasteiger partial charge in [0.15, 0.2) is 5.11 Å². The van der Waals surface area contributed by atoms with Crippen LogP contribution >= 0.6 is 12.2 Å². The van der Waals surface area contributed by atoms with Gasteiger partial charge in [-0.05, 0) is 42.4 Å². The number of hydrogen-bond acceptors (Lipinski definition) is 3. The first kappa shape index (κ1) is 11.7. The van der Waals surface area contributed by atoms with E-state index in [1.807, 2.05) is 25.1 Å².